The normalized spacial score (nSPS) is 11.8. The van der Waals surface area contributed by atoms with Gasteiger partial charge in [0.15, 0.2) is 0 Å². The molecule has 0 aliphatic rings. The zero-order chi connectivity index (χ0) is 13.8. The van der Waals surface area contributed by atoms with Gasteiger partial charge in [-0.15, -0.1) is 11.6 Å². The summed E-state index contributed by atoms with van der Waals surface area (Å²) in [7, 11) is -2.21. The second-order valence-corrected chi connectivity index (χ2v) is 6.22. The van der Waals surface area contributed by atoms with E-state index in [1.54, 1.807) is 0 Å². The average molecular weight is 333 g/mol. The van der Waals surface area contributed by atoms with Gasteiger partial charge in [0.05, 0.1) is 11.6 Å². The SMILES string of the molecule is COCCNS(=O)(=O)c1cc(CCl)c(Cl)cc1Cl. The fraction of sp³-hybridized carbons (Fsp3) is 0.400. The van der Waals surface area contributed by atoms with Gasteiger partial charge in [0.25, 0.3) is 0 Å². The summed E-state index contributed by atoms with van der Waals surface area (Å²) in [5, 5.41) is 0.393. The molecular formula is C10H12Cl3NO3S. The number of sulfonamides is 1. The van der Waals surface area contributed by atoms with E-state index >= 15 is 0 Å². The standard InChI is InChI=1S/C10H12Cl3NO3S/c1-17-3-2-14-18(15,16)10-4-7(6-11)8(12)5-9(10)13/h4-5,14H,2-3,6H2,1H3. The van der Waals surface area contributed by atoms with Crippen LogP contribution in [0.1, 0.15) is 5.56 Å². The van der Waals surface area contributed by atoms with Crippen LogP contribution in [0.15, 0.2) is 17.0 Å². The molecule has 0 saturated heterocycles. The van der Waals surface area contributed by atoms with E-state index in [-0.39, 0.29) is 28.9 Å². The molecule has 0 aromatic heterocycles. The molecule has 0 aliphatic heterocycles. The Kier molecular flexibility index (Phi) is 6.17. The van der Waals surface area contributed by atoms with Crippen molar-refractivity contribution in [3.63, 3.8) is 0 Å². The summed E-state index contributed by atoms with van der Waals surface area (Å²) in [6.07, 6.45) is 0. The van der Waals surface area contributed by atoms with Crippen molar-refractivity contribution in [2.75, 3.05) is 20.3 Å². The molecule has 1 aromatic carbocycles. The van der Waals surface area contributed by atoms with Crippen molar-refractivity contribution in [3.05, 3.63) is 27.7 Å². The number of nitrogens with one attached hydrogen (secondary N) is 1. The first-order chi connectivity index (χ1) is 8.42. The highest BCUT2D eigenvalue weighted by atomic mass is 35.5. The van der Waals surface area contributed by atoms with Crippen molar-refractivity contribution < 1.29 is 13.2 Å². The monoisotopic (exact) mass is 331 g/mol. The first-order valence-electron chi connectivity index (χ1n) is 4.95. The molecule has 0 radical (unpaired) electrons. The smallest absolute Gasteiger partial charge is 0.242 e. The summed E-state index contributed by atoms with van der Waals surface area (Å²) in [4.78, 5) is -0.0414. The van der Waals surface area contributed by atoms with E-state index in [1.807, 2.05) is 0 Å². The van der Waals surface area contributed by atoms with Crippen LogP contribution < -0.4 is 4.72 Å². The Morgan fingerprint density at radius 1 is 1.28 bits per heavy atom. The highest BCUT2D eigenvalue weighted by molar-refractivity contribution is 7.89. The van der Waals surface area contributed by atoms with Crippen LogP contribution in [0.5, 0.6) is 0 Å². The molecule has 0 bridgehead atoms. The summed E-state index contributed by atoms with van der Waals surface area (Å²) >= 11 is 17.4. The maximum absolute atomic E-state index is 12.0. The molecule has 0 spiro atoms. The predicted molar refractivity (Wildman–Crippen MR) is 73.1 cm³/mol. The maximum Gasteiger partial charge on any atom is 0.242 e. The number of rotatable bonds is 6. The minimum Gasteiger partial charge on any atom is -0.383 e. The zero-order valence-corrected chi connectivity index (χ0v) is 12.6. The van der Waals surface area contributed by atoms with E-state index < -0.39 is 10.0 Å². The third-order valence-corrected chi connectivity index (χ3v) is 4.70. The predicted octanol–water partition coefficient (Wildman–Crippen LogP) is 2.66. The van der Waals surface area contributed by atoms with Crippen molar-refractivity contribution in [3.8, 4) is 0 Å². The van der Waals surface area contributed by atoms with E-state index in [9.17, 15) is 8.42 Å². The molecule has 0 amide bonds. The van der Waals surface area contributed by atoms with E-state index in [4.69, 9.17) is 39.5 Å². The lowest BCUT2D eigenvalue weighted by Gasteiger charge is -2.10. The van der Waals surface area contributed by atoms with Gasteiger partial charge in [0.2, 0.25) is 10.0 Å². The largest absolute Gasteiger partial charge is 0.383 e. The Hall–Kier alpha value is -0.0400. The molecule has 0 saturated carbocycles. The van der Waals surface area contributed by atoms with Crippen LogP contribution in [0.3, 0.4) is 0 Å². The summed E-state index contributed by atoms with van der Waals surface area (Å²) < 4.78 is 31.1. The Balaban J connectivity index is 3.08. The molecule has 1 aromatic rings. The second-order valence-electron chi connectivity index (χ2n) is 3.40. The highest BCUT2D eigenvalue weighted by Crippen LogP contribution is 2.29. The number of methoxy groups -OCH3 is 1. The summed E-state index contributed by atoms with van der Waals surface area (Å²) in [5.41, 5.74) is 0.509. The van der Waals surface area contributed by atoms with Crippen molar-refractivity contribution >= 4 is 44.8 Å². The van der Waals surface area contributed by atoms with E-state index in [0.29, 0.717) is 10.6 Å². The highest BCUT2D eigenvalue weighted by Gasteiger charge is 2.19. The lowest BCUT2D eigenvalue weighted by molar-refractivity contribution is 0.204. The van der Waals surface area contributed by atoms with Crippen LogP contribution >= 0.6 is 34.8 Å². The van der Waals surface area contributed by atoms with Gasteiger partial charge >= 0.3 is 0 Å². The first-order valence-corrected chi connectivity index (χ1v) is 7.72. The molecule has 18 heavy (non-hydrogen) atoms. The van der Waals surface area contributed by atoms with E-state index in [1.165, 1.54) is 19.2 Å². The number of hydrogen-bond acceptors (Lipinski definition) is 3. The third-order valence-electron chi connectivity index (χ3n) is 2.13. The van der Waals surface area contributed by atoms with Gasteiger partial charge in [-0.3, -0.25) is 0 Å². The Morgan fingerprint density at radius 2 is 1.94 bits per heavy atom. The molecule has 0 unspecified atom stereocenters. The molecule has 4 nitrogen and oxygen atoms in total. The molecule has 0 heterocycles. The van der Waals surface area contributed by atoms with Gasteiger partial charge in [-0.1, -0.05) is 23.2 Å². The Bertz CT molecular complexity index is 519. The van der Waals surface area contributed by atoms with Crippen LogP contribution in [0.4, 0.5) is 0 Å². The summed E-state index contributed by atoms with van der Waals surface area (Å²) in [5.74, 6) is 0.108. The minimum atomic E-state index is -3.69. The van der Waals surface area contributed by atoms with Crippen molar-refractivity contribution in [2.45, 2.75) is 10.8 Å². The minimum absolute atomic E-state index is 0.0414. The molecule has 1 rings (SSSR count). The van der Waals surface area contributed by atoms with Gasteiger partial charge in [-0.25, -0.2) is 13.1 Å². The molecule has 1 N–H and O–H groups in total. The molecule has 0 atom stereocenters. The third kappa shape index (κ3) is 3.98. The van der Waals surface area contributed by atoms with Crippen molar-refractivity contribution in [1.82, 2.24) is 4.72 Å². The zero-order valence-electron chi connectivity index (χ0n) is 9.54. The van der Waals surface area contributed by atoms with Crippen LogP contribution in [-0.4, -0.2) is 28.7 Å². The van der Waals surface area contributed by atoms with Crippen LogP contribution in [0.2, 0.25) is 10.0 Å². The molecular weight excluding hydrogens is 321 g/mol. The fourth-order valence-electron chi connectivity index (χ4n) is 1.24. The fourth-order valence-corrected chi connectivity index (χ4v) is 3.40. The molecule has 102 valence electrons. The van der Waals surface area contributed by atoms with Gasteiger partial charge < -0.3 is 4.74 Å². The lowest BCUT2D eigenvalue weighted by Crippen LogP contribution is -2.27. The number of alkyl halides is 1. The van der Waals surface area contributed by atoms with Gasteiger partial charge in [-0.05, 0) is 17.7 Å². The molecule has 8 heteroatoms. The molecule has 0 aliphatic carbocycles. The lowest BCUT2D eigenvalue weighted by atomic mass is 10.2. The average Bonchev–Trinajstić information content (AvgIpc) is 2.29. The quantitative estimate of drug-likeness (QED) is 0.643. The van der Waals surface area contributed by atoms with Crippen LogP contribution in [0, 0.1) is 0 Å². The number of ether oxygens (including phenoxy) is 1. The van der Waals surface area contributed by atoms with Gasteiger partial charge in [0.1, 0.15) is 4.90 Å². The number of benzene rings is 1. The van der Waals surface area contributed by atoms with Crippen molar-refractivity contribution in [1.29, 1.82) is 0 Å². The van der Waals surface area contributed by atoms with E-state index in [2.05, 4.69) is 4.72 Å². The van der Waals surface area contributed by atoms with Gasteiger partial charge in [0, 0.05) is 24.6 Å². The Labute approximate surface area is 121 Å². The molecule has 0 fully saturated rings. The summed E-state index contributed by atoms with van der Waals surface area (Å²) in [6.45, 7) is 0.431. The first kappa shape index (κ1) is 16.0. The van der Waals surface area contributed by atoms with Gasteiger partial charge in [-0.2, -0.15) is 0 Å². The second kappa shape index (κ2) is 6.93. The number of hydrogen-bond donors (Lipinski definition) is 1. The maximum atomic E-state index is 12.0. The van der Waals surface area contributed by atoms with Crippen LogP contribution in [-0.2, 0) is 20.6 Å². The number of halogens is 3. The van der Waals surface area contributed by atoms with Crippen LogP contribution in [0.25, 0.3) is 0 Å². The van der Waals surface area contributed by atoms with Crippen molar-refractivity contribution in [2.24, 2.45) is 0 Å². The Morgan fingerprint density at radius 3 is 2.50 bits per heavy atom. The summed E-state index contributed by atoms with van der Waals surface area (Å²) in [6, 6.07) is 2.73. The topological polar surface area (TPSA) is 55.4 Å². The van der Waals surface area contributed by atoms with E-state index in [0.717, 1.165) is 0 Å².